The smallest absolute Gasteiger partial charge is 0.272 e. The van der Waals surface area contributed by atoms with E-state index in [0.29, 0.717) is 29.7 Å². The number of piperidine rings is 1. The summed E-state index contributed by atoms with van der Waals surface area (Å²) >= 11 is 0. The van der Waals surface area contributed by atoms with E-state index >= 15 is 0 Å². The molecular formula is C17H18N4O2. The summed E-state index contributed by atoms with van der Waals surface area (Å²) in [6, 6.07) is 9.24. The third-order valence-corrected chi connectivity index (χ3v) is 4.56. The van der Waals surface area contributed by atoms with Gasteiger partial charge in [0.15, 0.2) is 0 Å². The third kappa shape index (κ3) is 2.31. The molecule has 0 spiro atoms. The van der Waals surface area contributed by atoms with Crippen LogP contribution in [-0.2, 0) is 0 Å². The molecule has 1 aromatic carbocycles. The number of likely N-dealkylation sites (tertiary alicyclic amines) is 1. The van der Waals surface area contributed by atoms with Crippen molar-refractivity contribution in [1.29, 1.82) is 0 Å². The molecule has 23 heavy (non-hydrogen) atoms. The van der Waals surface area contributed by atoms with Crippen molar-refractivity contribution in [3.63, 3.8) is 0 Å². The zero-order valence-corrected chi connectivity index (χ0v) is 12.7. The Morgan fingerprint density at radius 3 is 2.74 bits per heavy atom. The summed E-state index contributed by atoms with van der Waals surface area (Å²) in [5.41, 5.74) is 8.47. The summed E-state index contributed by atoms with van der Waals surface area (Å²) in [6.07, 6.45) is 3.51. The van der Waals surface area contributed by atoms with Gasteiger partial charge in [0.1, 0.15) is 5.52 Å². The second-order valence-electron chi connectivity index (χ2n) is 6.08. The first-order valence-electron chi connectivity index (χ1n) is 7.81. The highest BCUT2D eigenvalue weighted by atomic mass is 16.2. The molecule has 2 aromatic heterocycles. The highest BCUT2D eigenvalue weighted by molar-refractivity contribution is 5.97. The minimum atomic E-state index is -0.156. The number of H-pyrrole nitrogens is 1. The summed E-state index contributed by atoms with van der Waals surface area (Å²) in [5, 5.41) is 0. The lowest BCUT2D eigenvalue weighted by molar-refractivity contribution is 0.0715. The molecule has 0 aliphatic carbocycles. The quantitative estimate of drug-likeness (QED) is 0.711. The van der Waals surface area contributed by atoms with Crippen molar-refractivity contribution in [2.45, 2.75) is 18.9 Å². The Bertz CT molecular complexity index is 948. The SMILES string of the molecule is NC1CCN(C(=O)c2ccc3c(c2)[nH]c(=O)c2cccn23)CC1. The fourth-order valence-electron chi connectivity index (χ4n) is 3.23. The van der Waals surface area contributed by atoms with Crippen LogP contribution in [0.2, 0.25) is 0 Å². The van der Waals surface area contributed by atoms with Gasteiger partial charge in [-0.25, -0.2) is 0 Å². The lowest BCUT2D eigenvalue weighted by Gasteiger charge is -2.30. The van der Waals surface area contributed by atoms with Gasteiger partial charge in [-0.1, -0.05) is 0 Å². The van der Waals surface area contributed by atoms with E-state index in [-0.39, 0.29) is 17.5 Å². The summed E-state index contributed by atoms with van der Waals surface area (Å²) in [5.74, 6) is -0.00717. The molecule has 0 saturated carbocycles. The Balaban J connectivity index is 1.75. The minimum Gasteiger partial charge on any atom is -0.339 e. The van der Waals surface area contributed by atoms with Crippen molar-refractivity contribution < 1.29 is 4.79 Å². The van der Waals surface area contributed by atoms with Crippen molar-refractivity contribution >= 4 is 22.5 Å². The van der Waals surface area contributed by atoms with E-state index in [1.54, 1.807) is 12.1 Å². The Labute approximate surface area is 132 Å². The van der Waals surface area contributed by atoms with Crippen LogP contribution in [0.3, 0.4) is 0 Å². The molecule has 0 unspecified atom stereocenters. The number of carbonyl (C=O) groups excluding carboxylic acids is 1. The average Bonchev–Trinajstić information content (AvgIpc) is 3.05. The molecule has 118 valence electrons. The largest absolute Gasteiger partial charge is 0.339 e. The van der Waals surface area contributed by atoms with Crippen LogP contribution in [0, 0.1) is 0 Å². The van der Waals surface area contributed by atoms with Crippen LogP contribution in [-0.4, -0.2) is 39.3 Å². The van der Waals surface area contributed by atoms with E-state index in [1.165, 1.54) is 0 Å². The topological polar surface area (TPSA) is 83.6 Å². The van der Waals surface area contributed by atoms with E-state index in [9.17, 15) is 9.59 Å². The molecule has 3 N–H and O–H groups in total. The first kappa shape index (κ1) is 14.0. The van der Waals surface area contributed by atoms with Crippen molar-refractivity contribution in [2.24, 2.45) is 5.73 Å². The zero-order valence-electron chi connectivity index (χ0n) is 12.7. The highest BCUT2D eigenvalue weighted by Crippen LogP contribution is 2.18. The molecule has 1 amide bonds. The molecule has 0 radical (unpaired) electrons. The summed E-state index contributed by atoms with van der Waals surface area (Å²) in [4.78, 5) is 29.4. The molecule has 1 fully saturated rings. The number of aromatic nitrogens is 2. The summed E-state index contributed by atoms with van der Waals surface area (Å²) in [7, 11) is 0. The fraction of sp³-hybridized carbons (Fsp3) is 0.294. The van der Waals surface area contributed by atoms with E-state index in [2.05, 4.69) is 4.98 Å². The number of rotatable bonds is 1. The maximum absolute atomic E-state index is 12.6. The number of nitrogens with two attached hydrogens (primary N) is 1. The molecule has 0 atom stereocenters. The van der Waals surface area contributed by atoms with Crippen LogP contribution < -0.4 is 11.3 Å². The summed E-state index contributed by atoms with van der Waals surface area (Å²) < 4.78 is 1.84. The van der Waals surface area contributed by atoms with E-state index in [1.807, 2.05) is 33.7 Å². The Morgan fingerprint density at radius 1 is 1.17 bits per heavy atom. The van der Waals surface area contributed by atoms with Gasteiger partial charge in [0, 0.05) is 30.9 Å². The van der Waals surface area contributed by atoms with Gasteiger partial charge in [-0.15, -0.1) is 0 Å². The molecule has 1 aliphatic heterocycles. The second-order valence-corrected chi connectivity index (χ2v) is 6.08. The predicted octanol–water partition coefficient (Wildman–Crippen LogP) is 1.34. The second kappa shape index (κ2) is 5.24. The predicted molar refractivity (Wildman–Crippen MR) is 88.6 cm³/mol. The molecular weight excluding hydrogens is 292 g/mol. The highest BCUT2D eigenvalue weighted by Gasteiger charge is 2.22. The van der Waals surface area contributed by atoms with Crippen molar-refractivity contribution in [1.82, 2.24) is 14.3 Å². The number of carbonyl (C=O) groups is 1. The summed E-state index contributed by atoms with van der Waals surface area (Å²) in [6.45, 7) is 1.37. The molecule has 1 saturated heterocycles. The van der Waals surface area contributed by atoms with Crippen LogP contribution in [0.4, 0.5) is 0 Å². The standard InChI is InChI=1S/C17H18N4O2/c18-12-5-8-20(9-6-12)17(23)11-3-4-14-13(10-11)19-16(22)15-2-1-7-21(14)15/h1-4,7,10,12H,5-6,8-9,18H2,(H,19,22). The molecule has 3 heterocycles. The maximum atomic E-state index is 12.6. The van der Waals surface area contributed by atoms with Gasteiger partial charge >= 0.3 is 0 Å². The number of fused-ring (bicyclic) bond motifs is 3. The normalized spacial score (nSPS) is 16.3. The number of aromatic amines is 1. The number of hydrogen-bond acceptors (Lipinski definition) is 3. The number of nitrogens with one attached hydrogen (secondary N) is 1. The van der Waals surface area contributed by atoms with E-state index < -0.39 is 0 Å². The first-order chi connectivity index (χ1) is 11.1. The lowest BCUT2D eigenvalue weighted by Crippen LogP contribution is -2.42. The van der Waals surface area contributed by atoms with Gasteiger partial charge in [0.2, 0.25) is 0 Å². The van der Waals surface area contributed by atoms with Crippen LogP contribution >= 0.6 is 0 Å². The Hall–Kier alpha value is -2.60. The van der Waals surface area contributed by atoms with Gasteiger partial charge in [-0.05, 0) is 43.2 Å². The van der Waals surface area contributed by atoms with E-state index in [4.69, 9.17) is 5.73 Å². The number of nitrogens with zero attached hydrogens (tertiary/aromatic N) is 2. The Morgan fingerprint density at radius 2 is 1.96 bits per heavy atom. The minimum absolute atomic E-state index is 0.00717. The first-order valence-corrected chi connectivity index (χ1v) is 7.81. The Kier molecular flexibility index (Phi) is 3.20. The monoisotopic (exact) mass is 310 g/mol. The van der Waals surface area contributed by atoms with Crippen LogP contribution in [0.5, 0.6) is 0 Å². The lowest BCUT2D eigenvalue weighted by atomic mass is 10.0. The molecule has 6 heteroatoms. The number of amides is 1. The van der Waals surface area contributed by atoms with Gasteiger partial charge in [0.25, 0.3) is 11.5 Å². The van der Waals surface area contributed by atoms with Gasteiger partial charge in [0.05, 0.1) is 11.0 Å². The maximum Gasteiger partial charge on any atom is 0.272 e. The fourth-order valence-corrected chi connectivity index (χ4v) is 3.23. The van der Waals surface area contributed by atoms with Gasteiger partial charge in [-0.3, -0.25) is 9.59 Å². The van der Waals surface area contributed by atoms with Crippen LogP contribution in [0.15, 0.2) is 41.3 Å². The van der Waals surface area contributed by atoms with Crippen molar-refractivity contribution in [2.75, 3.05) is 13.1 Å². The molecule has 0 bridgehead atoms. The van der Waals surface area contributed by atoms with Crippen LogP contribution in [0.1, 0.15) is 23.2 Å². The molecule has 6 nitrogen and oxygen atoms in total. The third-order valence-electron chi connectivity index (χ3n) is 4.56. The molecule has 4 rings (SSSR count). The molecule has 3 aromatic rings. The van der Waals surface area contributed by atoms with Gasteiger partial charge < -0.3 is 20.0 Å². The van der Waals surface area contributed by atoms with Crippen LogP contribution in [0.25, 0.3) is 16.6 Å². The van der Waals surface area contributed by atoms with Gasteiger partial charge in [-0.2, -0.15) is 0 Å². The number of hydrogen-bond donors (Lipinski definition) is 2. The molecule has 1 aliphatic rings. The van der Waals surface area contributed by atoms with E-state index in [0.717, 1.165) is 18.4 Å². The van der Waals surface area contributed by atoms with Crippen molar-refractivity contribution in [3.8, 4) is 0 Å². The number of benzene rings is 1. The van der Waals surface area contributed by atoms with Crippen molar-refractivity contribution in [3.05, 3.63) is 52.4 Å². The average molecular weight is 310 g/mol. The zero-order chi connectivity index (χ0) is 16.0.